The molecule has 3 rings (SSSR count). The Labute approximate surface area is 237 Å². The van der Waals surface area contributed by atoms with Gasteiger partial charge in [-0.2, -0.15) is 0 Å². The Balaban J connectivity index is 1.40. The highest BCUT2D eigenvalue weighted by Crippen LogP contribution is 2.40. The lowest BCUT2D eigenvalue weighted by Gasteiger charge is -2.28. The van der Waals surface area contributed by atoms with Crippen LogP contribution in [0.4, 0.5) is 4.79 Å². The van der Waals surface area contributed by atoms with Gasteiger partial charge in [0.1, 0.15) is 17.7 Å². The van der Waals surface area contributed by atoms with Crippen LogP contribution in [0.3, 0.4) is 0 Å². The number of nitrogens with zero attached hydrogens (tertiary/aromatic N) is 2. The Bertz CT molecular complexity index is 1050. The van der Waals surface area contributed by atoms with Crippen LogP contribution in [0.1, 0.15) is 90.7 Å². The minimum atomic E-state index is -0.773. The average Bonchev–Trinajstić information content (AvgIpc) is 3.49. The zero-order valence-corrected chi connectivity index (χ0v) is 24.2. The number of nitrogens with one attached hydrogen (secondary N) is 2. The van der Waals surface area contributed by atoms with E-state index in [1.54, 1.807) is 33.2 Å². The van der Waals surface area contributed by atoms with Crippen molar-refractivity contribution in [2.75, 3.05) is 6.54 Å². The Kier molecular flexibility index (Phi) is 11.1. The normalized spacial score (nSPS) is 22.0. The molecule has 0 radical (unpaired) electrons. The average molecular weight is 556 g/mol. The number of allylic oxidation sites excluding steroid dienone is 2. The van der Waals surface area contributed by atoms with Crippen LogP contribution in [0.15, 0.2) is 36.7 Å². The molecule has 2 heterocycles. The van der Waals surface area contributed by atoms with Crippen LogP contribution in [0.25, 0.3) is 0 Å². The fourth-order valence-electron chi connectivity index (χ4n) is 5.08. The molecular formula is C30H45N5O5. The number of hydrogen-bond donors (Lipinski definition) is 3. The van der Waals surface area contributed by atoms with Gasteiger partial charge in [-0.3, -0.25) is 19.4 Å². The molecule has 2 unspecified atom stereocenters. The third-order valence-electron chi connectivity index (χ3n) is 7.34. The lowest BCUT2D eigenvalue weighted by Crippen LogP contribution is -2.53. The summed E-state index contributed by atoms with van der Waals surface area (Å²) in [4.78, 5) is 55.5. The fourth-order valence-corrected chi connectivity index (χ4v) is 5.08. The first-order valence-corrected chi connectivity index (χ1v) is 14.4. The summed E-state index contributed by atoms with van der Waals surface area (Å²) in [5.41, 5.74) is 5.85. The van der Waals surface area contributed by atoms with E-state index >= 15 is 0 Å². The van der Waals surface area contributed by atoms with Gasteiger partial charge in [-0.15, -0.1) is 0 Å². The topological polar surface area (TPSA) is 144 Å². The molecular weight excluding hydrogens is 510 g/mol. The highest BCUT2D eigenvalue weighted by molar-refractivity contribution is 5.91. The number of unbranched alkanes of at least 4 members (excludes halogenated alkanes) is 3. The van der Waals surface area contributed by atoms with E-state index in [9.17, 15) is 19.2 Å². The molecule has 220 valence electrons. The number of ether oxygens (including phenoxy) is 1. The van der Waals surface area contributed by atoms with Crippen molar-refractivity contribution in [2.45, 2.75) is 103 Å². The molecule has 1 saturated carbocycles. The van der Waals surface area contributed by atoms with Gasteiger partial charge in [0.15, 0.2) is 0 Å². The number of primary amides is 1. The van der Waals surface area contributed by atoms with Crippen LogP contribution >= 0.6 is 0 Å². The molecule has 4 amide bonds. The number of hydrogen-bond acceptors (Lipinski definition) is 6. The van der Waals surface area contributed by atoms with Crippen LogP contribution in [-0.2, 0) is 19.1 Å². The first-order chi connectivity index (χ1) is 19.0. The number of carbonyl (C=O) groups is 4. The molecule has 0 spiro atoms. The van der Waals surface area contributed by atoms with E-state index in [4.69, 9.17) is 10.5 Å². The molecule has 1 aliphatic heterocycles. The van der Waals surface area contributed by atoms with Crippen molar-refractivity contribution in [1.82, 2.24) is 20.5 Å². The van der Waals surface area contributed by atoms with Gasteiger partial charge in [-0.25, -0.2) is 4.79 Å². The predicted octanol–water partition coefficient (Wildman–Crippen LogP) is 3.77. The van der Waals surface area contributed by atoms with Crippen molar-refractivity contribution in [3.05, 3.63) is 42.2 Å². The number of rotatable bonds is 13. The molecule has 4 N–H and O–H groups in total. The number of likely N-dealkylation sites (tertiary alicyclic amines) is 1. The number of alkyl carbamates (subject to hydrolysis) is 1. The minimum Gasteiger partial charge on any atom is -0.444 e. The predicted molar refractivity (Wildman–Crippen MR) is 152 cm³/mol. The van der Waals surface area contributed by atoms with Gasteiger partial charge in [0.2, 0.25) is 17.7 Å². The van der Waals surface area contributed by atoms with Gasteiger partial charge in [-0.1, -0.05) is 25.0 Å². The second-order valence-electron chi connectivity index (χ2n) is 11.9. The quantitative estimate of drug-likeness (QED) is 0.250. The summed E-state index contributed by atoms with van der Waals surface area (Å²) >= 11 is 0. The third-order valence-corrected chi connectivity index (χ3v) is 7.34. The Morgan fingerprint density at radius 2 is 1.88 bits per heavy atom. The summed E-state index contributed by atoms with van der Waals surface area (Å²) in [6.45, 7) is 7.72. The Morgan fingerprint density at radius 3 is 2.55 bits per heavy atom. The molecule has 0 bridgehead atoms. The summed E-state index contributed by atoms with van der Waals surface area (Å²) < 4.78 is 5.36. The van der Waals surface area contributed by atoms with Crippen LogP contribution in [-0.4, -0.2) is 57.9 Å². The molecule has 5 atom stereocenters. The van der Waals surface area contributed by atoms with Crippen molar-refractivity contribution in [3.8, 4) is 0 Å². The molecule has 10 heteroatoms. The van der Waals surface area contributed by atoms with Crippen LogP contribution in [0.5, 0.6) is 0 Å². The van der Waals surface area contributed by atoms with Crippen molar-refractivity contribution >= 4 is 23.8 Å². The van der Waals surface area contributed by atoms with Crippen LogP contribution < -0.4 is 16.4 Å². The van der Waals surface area contributed by atoms with E-state index < -0.39 is 29.7 Å². The standard InChI is InChI=1S/C30H45N5O5/c1-20(21-14-16-32-17-15-21)33-27(37)23-19-22(23)11-8-6-5-7-9-12-24(34-29(39)40-30(2,3)4)28(38)35-18-10-13-25(35)26(31)36/h8,11,14-17,20,22-25H,5-7,9-10,12-13,18-19H2,1-4H3,(H2,31,36)(H,33,37)(H,34,39)/b11-8-/t20-,22?,23-,24?,25-/m0/s1. The van der Waals surface area contributed by atoms with E-state index in [1.807, 2.05) is 19.1 Å². The van der Waals surface area contributed by atoms with E-state index in [1.165, 1.54) is 4.90 Å². The molecule has 1 saturated heterocycles. The molecule has 2 fully saturated rings. The molecule has 40 heavy (non-hydrogen) atoms. The van der Waals surface area contributed by atoms with Crippen molar-refractivity contribution in [2.24, 2.45) is 17.6 Å². The molecule has 2 aliphatic rings. The fraction of sp³-hybridized carbons (Fsp3) is 0.633. The maximum Gasteiger partial charge on any atom is 0.408 e. The lowest BCUT2D eigenvalue weighted by atomic mass is 10.0. The van der Waals surface area contributed by atoms with E-state index in [-0.39, 0.29) is 29.7 Å². The third kappa shape index (κ3) is 9.64. The zero-order valence-electron chi connectivity index (χ0n) is 24.2. The maximum atomic E-state index is 13.2. The van der Waals surface area contributed by atoms with Gasteiger partial charge >= 0.3 is 6.09 Å². The smallest absolute Gasteiger partial charge is 0.408 e. The van der Waals surface area contributed by atoms with Crippen molar-refractivity contribution in [3.63, 3.8) is 0 Å². The van der Waals surface area contributed by atoms with Gasteiger partial charge in [0, 0.05) is 24.9 Å². The van der Waals surface area contributed by atoms with Gasteiger partial charge in [-0.05, 0) is 89.8 Å². The second-order valence-corrected chi connectivity index (χ2v) is 11.9. The van der Waals surface area contributed by atoms with Crippen molar-refractivity contribution in [1.29, 1.82) is 0 Å². The summed E-state index contributed by atoms with van der Waals surface area (Å²) in [5, 5.41) is 5.80. The van der Waals surface area contributed by atoms with Gasteiger partial charge in [0.25, 0.3) is 0 Å². The van der Waals surface area contributed by atoms with E-state index in [0.717, 1.165) is 37.7 Å². The summed E-state index contributed by atoms with van der Waals surface area (Å²) in [6, 6.07) is 2.36. The number of pyridine rings is 1. The van der Waals surface area contributed by atoms with E-state index in [2.05, 4.69) is 27.8 Å². The first kappa shape index (κ1) is 31.1. The summed E-state index contributed by atoms with van der Waals surface area (Å²) in [6.07, 6.45) is 13.1. The minimum absolute atomic E-state index is 0.0288. The number of aromatic nitrogens is 1. The number of nitrogens with two attached hydrogens (primary N) is 1. The molecule has 10 nitrogen and oxygen atoms in total. The highest BCUT2D eigenvalue weighted by atomic mass is 16.6. The van der Waals surface area contributed by atoms with Gasteiger partial charge in [0.05, 0.1) is 6.04 Å². The van der Waals surface area contributed by atoms with Crippen molar-refractivity contribution < 1.29 is 23.9 Å². The Morgan fingerprint density at radius 1 is 1.15 bits per heavy atom. The van der Waals surface area contributed by atoms with Crippen LogP contribution in [0, 0.1) is 11.8 Å². The molecule has 1 aromatic rings. The number of carbonyl (C=O) groups excluding carboxylic acids is 4. The zero-order chi connectivity index (χ0) is 29.3. The maximum absolute atomic E-state index is 13.2. The Hall–Kier alpha value is -3.43. The highest BCUT2D eigenvalue weighted by Gasteiger charge is 2.41. The first-order valence-electron chi connectivity index (χ1n) is 14.4. The second kappa shape index (κ2) is 14.3. The van der Waals surface area contributed by atoms with Gasteiger partial charge < -0.3 is 26.0 Å². The SMILES string of the molecule is C[C@H](NC(=O)[C@H]1CC1/C=C\CCCCCC(NC(=O)OC(C)(C)C)C(=O)N1CCC[C@H]1C(N)=O)c1ccncc1. The lowest BCUT2D eigenvalue weighted by molar-refractivity contribution is -0.139. The monoisotopic (exact) mass is 555 g/mol. The summed E-state index contributed by atoms with van der Waals surface area (Å²) in [7, 11) is 0. The summed E-state index contributed by atoms with van der Waals surface area (Å²) in [5.74, 6) is -0.413. The number of amides is 4. The van der Waals surface area contributed by atoms with E-state index in [0.29, 0.717) is 25.8 Å². The largest absolute Gasteiger partial charge is 0.444 e. The molecule has 0 aromatic carbocycles. The molecule has 1 aliphatic carbocycles. The van der Waals surface area contributed by atoms with Crippen LogP contribution in [0.2, 0.25) is 0 Å². The molecule has 1 aromatic heterocycles.